The van der Waals surface area contributed by atoms with E-state index >= 15 is 0 Å². The predicted octanol–water partition coefficient (Wildman–Crippen LogP) is 2.29. The van der Waals surface area contributed by atoms with Gasteiger partial charge >= 0.3 is 5.63 Å². The molecule has 0 spiro atoms. The molecule has 0 unspecified atom stereocenters. The van der Waals surface area contributed by atoms with Gasteiger partial charge in [0.2, 0.25) is 0 Å². The number of fused-ring (bicyclic) bond motifs is 1. The van der Waals surface area contributed by atoms with Crippen LogP contribution in [0.15, 0.2) is 51.7 Å². The zero-order valence-electron chi connectivity index (χ0n) is 18.9. The molecular weight excluding hydrogens is 388 g/mol. The lowest BCUT2D eigenvalue weighted by molar-refractivity contribution is -0.950. The van der Waals surface area contributed by atoms with Crippen molar-refractivity contribution in [1.29, 1.82) is 0 Å². The van der Waals surface area contributed by atoms with Gasteiger partial charge in [-0.2, -0.15) is 0 Å². The van der Waals surface area contributed by atoms with Crippen LogP contribution in [0.4, 0.5) is 0 Å². The molecule has 0 saturated carbocycles. The molecule has 164 valence electrons. The highest BCUT2D eigenvalue weighted by Crippen LogP contribution is 2.21. The number of methoxy groups -OCH3 is 1. The van der Waals surface area contributed by atoms with Gasteiger partial charge < -0.3 is 19.4 Å². The van der Waals surface area contributed by atoms with Crippen LogP contribution in [0.25, 0.3) is 11.0 Å². The molecule has 1 aliphatic rings. The van der Waals surface area contributed by atoms with Gasteiger partial charge in [0.15, 0.2) is 6.04 Å². The number of ether oxygens (including phenoxy) is 1. The predicted molar refractivity (Wildman–Crippen MR) is 123 cm³/mol. The number of quaternary nitrogens is 2. The lowest BCUT2D eigenvalue weighted by Gasteiger charge is -2.31. The van der Waals surface area contributed by atoms with E-state index in [4.69, 9.17) is 9.15 Å². The van der Waals surface area contributed by atoms with Gasteiger partial charge in [-0.05, 0) is 80.6 Å². The highest BCUT2D eigenvalue weighted by molar-refractivity contribution is 5.81. The van der Waals surface area contributed by atoms with Crippen molar-refractivity contribution in [3.05, 3.63) is 75.1 Å². The molecule has 1 fully saturated rings. The first-order chi connectivity index (χ1) is 15.0. The van der Waals surface area contributed by atoms with E-state index in [9.17, 15) is 4.79 Å². The summed E-state index contributed by atoms with van der Waals surface area (Å²) >= 11 is 0. The lowest BCUT2D eigenvalue weighted by atomic mass is 10.0. The number of hydrogen-bond acceptors (Lipinski definition) is 3. The van der Waals surface area contributed by atoms with Crippen LogP contribution in [0.1, 0.15) is 47.6 Å². The number of nitrogens with one attached hydrogen (secondary N) is 1. The minimum absolute atomic E-state index is 0.271. The third-order valence-corrected chi connectivity index (χ3v) is 6.72. The Kier molecular flexibility index (Phi) is 6.73. The molecule has 1 aromatic heterocycles. The second kappa shape index (κ2) is 9.67. The van der Waals surface area contributed by atoms with Crippen LogP contribution in [-0.2, 0) is 6.54 Å². The van der Waals surface area contributed by atoms with Crippen LogP contribution in [0.2, 0.25) is 0 Å². The summed E-state index contributed by atoms with van der Waals surface area (Å²) in [5, 5.41) is 3.39. The van der Waals surface area contributed by atoms with Gasteiger partial charge in [0.1, 0.15) is 24.4 Å². The zero-order valence-corrected chi connectivity index (χ0v) is 18.9. The molecule has 31 heavy (non-hydrogen) atoms. The molecule has 1 atom stereocenters. The first-order valence-electron chi connectivity index (χ1n) is 11.4. The van der Waals surface area contributed by atoms with Crippen LogP contribution < -0.4 is 20.6 Å². The summed E-state index contributed by atoms with van der Waals surface area (Å²) in [6, 6.07) is 14.8. The van der Waals surface area contributed by atoms with E-state index in [1.54, 1.807) is 18.1 Å². The smallest absolute Gasteiger partial charge is 0.336 e. The Bertz CT molecular complexity index is 1080. The SMILES string of the molecule is COc1ccc([C@H](C[NH2+]Cc2cc(=O)oc3cc(C)c(C)cc23)[NH+]2CCCCC2)cc1. The van der Waals surface area contributed by atoms with E-state index in [0.717, 1.165) is 35.4 Å². The molecule has 0 aliphatic carbocycles. The maximum atomic E-state index is 12.1. The lowest BCUT2D eigenvalue weighted by Crippen LogP contribution is -3.15. The molecule has 0 radical (unpaired) electrons. The second-order valence-electron chi connectivity index (χ2n) is 8.80. The molecule has 0 amide bonds. The molecular formula is C26H34N2O3+2. The van der Waals surface area contributed by atoms with Gasteiger partial charge in [0, 0.05) is 22.6 Å². The molecule has 5 heteroatoms. The zero-order chi connectivity index (χ0) is 21.8. The summed E-state index contributed by atoms with van der Waals surface area (Å²) in [6.07, 6.45) is 3.93. The molecule has 0 bridgehead atoms. The van der Waals surface area contributed by atoms with Crippen molar-refractivity contribution in [2.75, 3.05) is 26.7 Å². The maximum Gasteiger partial charge on any atom is 0.336 e. The quantitative estimate of drug-likeness (QED) is 0.575. The minimum atomic E-state index is -0.271. The van der Waals surface area contributed by atoms with Gasteiger partial charge in [-0.25, -0.2) is 4.79 Å². The van der Waals surface area contributed by atoms with E-state index in [1.165, 1.54) is 43.5 Å². The summed E-state index contributed by atoms with van der Waals surface area (Å²) < 4.78 is 10.8. The van der Waals surface area contributed by atoms with Crippen LogP contribution in [0.3, 0.4) is 0 Å². The van der Waals surface area contributed by atoms with Crippen molar-refractivity contribution in [3.63, 3.8) is 0 Å². The Hall–Kier alpha value is -2.63. The Morgan fingerprint density at radius 2 is 1.74 bits per heavy atom. The van der Waals surface area contributed by atoms with Crippen LogP contribution in [0.5, 0.6) is 5.75 Å². The van der Waals surface area contributed by atoms with Crippen LogP contribution in [-0.4, -0.2) is 26.7 Å². The van der Waals surface area contributed by atoms with Crippen molar-refractivity contribution in [1.82, 2.24) is 0 Å². The highest BCUT2D eigenvalue weighted by Gasteiger charge is 2.27. The number of hydrogen-bond donors (Lipinski definition) is 2. The molecule has 3 N–H and O–H groups in total. The second-order valence-corrected chi connectivity index (χ2v) is 8.80. The first kappa shape index (κ1) is 21.6. The average molecular weight is 423 g/mol. The molecule has 3 aromatic rings. The van der Waals surface area contributed by atoms with E-state index in [-0.39, 0.29) is 5.63 Å². The fraction of sp³-hybridized carbons (Fsp3) is 0.423. The summed E-state index contributed by atoms with van der Waals surface area (Å²) in [5.41, 5.74) is 5.19. The number of likely N-dealkylation sites (tertiary alicyclic amines) is 1. The van der Waals surface area contributed by atoms with Gasteiger partial charge in [-0.1, -0.05) is 0 Å². The van der Waals surface area contributed by atoms with Gasteiger partial charge in [-0.15, -0.1) is 0 Å². The van der Waals surface area contributed by atoms with Crippen molar-refractivity contribution in [2.45, 2.75) is 45.7 Å². The molecule has 4 rings (SSSR count). The van der Waals surface area contributed by atoms with Crippen LogP contribution >= 0.6 is 0 Å². The number of piperidine rings is 1. The van der Waals surface area contributed by atoms with Crippen molar-refractivity contribution in [2.24, 2.45) is 0 Å². The van der Waals surface area contributed by atoms with Crippen molar-refractivity contribution in [3.8, 4) is 5.75 Å². The monoisotopic (exact) mass is 422 g/mol. The molecule has 1 aliphatic heterocycles. The van der Waals surface area contributed by atoms with Gasteiger partial charge in [-0.3, -0.25) is 0 Å². The largest absolute Gasteiger partial charge is 0.497 e. The Balaban J connectivity index is 1.54. The Labute approximate surface area is 184 Å². The van der Waals surface area contributed by atoms with Gasteiger partial charge in [0.25, 0.3) is 0 Å². The third kappa shape index (κ3) is 5.00. The molecule has 1 saturated heterocycles. The first-order valence-corrected chi connectivity index (χ1v) is 11.4. The fourth-order valence-corrected chi connectivity index (χ4v) is 4.79. The fourth-order valence-electron chi connectivity index (χ4n) is 4.79. The Morgan fingerprint density at radius 3 is 2.45 bits per heavy atom. The maximum absolute atomic E-state index is 12.1. The van der Waals surface area contributed by atoms with E-state index in [0.29, 0.717) is 11.6 Å². The van der Waals surface area contributed by atoms with E-state index in [2.05, 4.69) is 49.5 Å². The van der Waals surface area contributed by atoms with Crippen molar-refractivity contribution < 1.29 is 19.4 Å². The topological polar surface area (TPSA) is 60.5 Å². The number of rotatable bonds is 7. The average Bonchev–Trinajstić information content (AvgIpc) is 2.78. The summed E-state index contributed by atoms with van der Waals surface area (Å²) in [4.78, 5) is 13.8. The minimum Gasteiger partial charge on any atom is -0.497 e. The third-order valence-electron chi connectivity index (χ3n) is 6.72. The molecule has 2 heterocycles. The number of aryl methyl sites for hydroxylation is 2. The standard InChI is InChI=1S/C26H32N2O3/c1-18-13-23-21(15-26(29)31-25(23)14-19(18)2)16-27-17-24(28-11-5-4-6-12-28)20-7-9-22(30-3)10-8-20/h7-10,13-15,24,27H,4-6,11-12,16-17H2,1-3H3/p+2/t24-/m0/s1. The number of benzene rings is 2. The van der Waals surface area contributed by atoms with Gasteiger partial charge in [0.05, 0.1) is 20.2 Å². The normalized spacial score (nSPS) is 15.8. The van der Waals surface area contributed by atoms with Crippen LogP contribution in [0, 0.1) is 13.8 Å². The molecule has 5 nitrogen and oxygen atoms in total. The summed E-state index contributed by atoms with van der Waals surface area (Å²) in [6.45, 7) is 8.35. The van der Waals surface area contributed by atoms with Crippen molar-refractivity contribution >= 4 is 11.0 Å². The highest BCUT2D eigenvalue weighted by atomic mass is 16.5. The Morgan fingerprint density at radius 1 is 1.03 bits per heavy atom. The molecule has 2 aromatic carbocycles. The summed E-state index contributed by atoms with van der Waals surface area (Å²) in [5.74, 6) is 0.897. The summed E-state index contributed by atoms with van der Waals surface area (Å²) in [7, 11) is 1.71. The van der Waals surface area contributed by atoms with E-state index in [1.807, 2.05) is 6.07 Å². The number of nitrogens with two attached hydrogens (primary N) is 1. The van der Waals surface area contributed by atoms with E-state index < -0.39 is 0 Å².